The van der Waals surface area contributed by atoms with Crippen LogP contribution in [0.2, 0.25) is 0 Å². The summed E-state index contributed by atoms with van der Waals surface area (Å²) in [7, 11) is 0. The molecule has 0 unspecified atom stereocenters. The summed E-state index contributed by atoms with van der Waals surface area (Å²) in [6.45, 7) is 8.36. The fraction of sp³-hybridized carbons (Fsp3) is 0.545. The predicted octanol–water partition coefficient (Wildman–Crippen LogP) is 1.34. The highest BCUT2D eigenvalue weighted by Gasteiger charge is 2.52. The van der Waals surface area contributed by atoms with E-state index in [1.165, 1.54) is 27.7 Å². The van der Waals surface area contributed by atoms with Crippen molar-refractivity contribution in [2.75, 3.05) is 6.61 Å². The van der Waals surface area contributed by atoms with E-state index < -0.39 is 54.5 Å². The smallest absolute Gasteiger partial charge is 0.303 e. The number of amides is 1. The van der Waals surface area contributed by atoms with Gasteiger partial charge < -0.3 is 29.0 Å². The average Bonchev–Trinajstić information content (AvgIpc) is 2.65. The minimum Gasteiger partial charge on any atom is -0.463 e. The van der Waals surface area contributed by atoms with Crippen LogP contribution in [0.15, 0.2) is 18.2 Å². The van der Waals surface area contributed by atoms with Crippen molar-refractivity contribution in [1.82, 2.24) is 5.32 Å². The van der Waals surface area contributed by atoms with Crippen molar-refractivity contribution in [3.8, 4) is 5.75 Å². The summed E-state index contributed by atoms with van der Waals surface area (Å²) in [6, 6.07) is 4.49. The van der Waals surface area contributed by atoms with Gasteiger partial charge in [0.2, 0.25) is 12.2 Å². The lowest BCUT2D eigenvalue weighted by atomic mass is 9.96. The zero-order valence-corrected chi connectivity index (χ0v) is 19.0. The fourth-order valence-electron chi connectivity index (χ4n) is 3.45. The third-order valence-electron chi connectivity index (χ3n) is 4.64. The standard InChI is InChI=1S/C22H29NO9/c1-11-7-8-17(12(2)9-11)31-22-19(23-13(3)24)21(30-16(6)27)20(29-15(5)26)18(32-22)10-28-14(4)25/h7-9,18-22H,10H2,1-6H3,(H,23,24)/t18-,19-,20-,21-,22-/m1/s1. The number of aryl methyl sites for hydroxylation is 2. The van der Waals surface area contributed by atoms with E-state index in [4.69, 9.17) is 23.7 Å². The molecule has 1 saturated heterocycles. The Bertz CT molecular complexity index is 869. The highest BCUT2D eigenvalue weighted by Crippen LogP contribution is 2.30. The topological polar surface area (TPSA) is 126 Å². The van der Waals surface area contributed by atoms with E-state index in [2.05, 4.69) is 5.32 Å². The molecule has 1 aliphatic heterocycles. The fourth-order valence-corrected chi connectivity index (χ4v) is 3.45. The molecule has 1 heterocycles. The van der Waals surface area contributed by atoms with Crippen LogP contribution >= 0.6 is 0 Å². The first-order valence-corrected chi connectivity index (χ1v) is 10.1. The van der Waals surface area contributed by atoms with Crippen molar-refractivity contribution in [2.24, 2.45) is 0 Å². The molecule has 1 N–H and O–H groups in total. The number of benzene rings is 1. The van der Waals surface area contributed by atoms with E-state index in [9.17, 15) is 19.2 Å². The molecule has 2 rings (SSSR count). The molecule has 176 valence electrons. The quantitative estimate of drug-likeness (QED) is 0.483. The molecule has 0 saturated carbocycles. The van der Waals surface area contributed by atoms with Crippen molar-refractivity contribution in [3.05, 3.63) is 29.3 Å². The normalized spacial score (nSPS) is 24.8. The molecule has 0 bridgehead atoms. The van der Waals surface area contributed by atoms with Crippen molar-refractivity contribution in [2.45, 2.75) is 72.2 Å². The van der Waals surface area contributed by atoms with E-state index in [-0.39, 0.29) is 6.61 Å². The molecular weight excluding hydrogens is 422 g/mol. The van der Waals surface area contributed by atoms with E-state index in [1.807, 2.05) is 26.0 Å². The van der Waals surface area contributed by atoms with Gasteiger partial charge in [0, 0.05) is 27.7 Å². The molecule has 1 fully saturated rings. The number of rotatable bonds is 7. The maximum atomic E-state index is 11.9. The van der Waals surface area contributed by atoms with Crippen molar-refractivity contribution < 1.29 is 42.9 Å². The zero-order chi connectivity index (χ0) is 24.0. The van der Waals surface area contributed by atoms with Crippen LogP contribution in [0, 0.1) is 13.8 Å². The van der Waals surface area contributed by atoms with E-state index in [0.29, 0.717) is 5.75 Å². The van der Waals surface area contributed by atoms with Crippen LogP contribution in [0.5, 0.6) is 5.75 Å². The number of esters is 3. The Hall–Kier alpha value is -3.14. The Kier molecular flexibility index (Phi) is 8.59. The second-order valence-electron chi connectivity index (χ2n) is 7.61. The largest absolute Gasteiger partial charge is 0.463 e. The van der Waals surface area contributed by atoms with Crippen molar-refractivity contribution in [3.63, 3.8) is 0 Å². The van der Waals surface area contributed by atoms with Gasteiger partial charge in [0.15, 0.2) is 12.2 Å². The van der Waals surface area contributed by atoms with E-state index in [1.54, 1.807) is 6.07 Å². The molecule has 1 aromatic rings. The Labute approximate surface area is 186 Å². The van der Waals surface area contributed by atoms with Crippen molar-refractivity contribution in [1.29, 1.82) is 0 Å². The lowest BCUT2D eigenvalue weighted by Gasteiger charge is -2.44. The number of carbonyl (C=O) groups excluding carboxylic acids is 4. The van der Waals surface area contributed by atoms with Crippen LogP contribution in [0.25, 0.3) is 0 Å². The molecule has 0 spiro atoms. The first kappa shape index (κ1) is 25.1. The molecule has 32 heavy (non-hydrogen) atoms. The van der Waals surface area contributed by atoms with Gasteiger partial charge in [-0.15, -0.1) is 0 Å². The summed E-state index contributed by atoms with van der Waals surface area (Å²) in [4.78, 5) is 46.9. The van der Waals surface area contributed by atoms with Crippen LogP contribution < -0.4 is 10.1 Å². The van der Waals surface area contributed by atoms with Gasteiger partial charge in [-0.1, -0.05) is 17.7 Å². The second kappa shape index (κ2) is 10.9. The summed E-state index contributed by atoms with van der Waals surface area (Å²) in [6.07, 6.45) is -4.48. The third-order valence-corrected chi connectivity index (χ3v) is 4.64. The van der Waals surface area contributed by atoms with Crippen molar-refractivity contribution >= 4 is 23.8 Å². The molecule has 0 aromatic heterocycles. The molecule has 10 heteroatoms. The number of ether oxygens (including phenoxy) is 5. The number of hydrogen-bond donors (Lipinski definition) is 1. The van der Waals surface area contributed by atoms with Crippen LogP contribution in [0.1, 0.15) is 38.8 Å². The maximum absolute atomic E-state index is 11.9. The van der Waals surface area contributed by atoms with Gasteiger partial charge in [-0.25, -0.2) is 0 Å². The second-order valence-corrected chi connectivity index (χ2v) is 7.61. The summed E-state index contributed by atoms with van der Waals surface area (Å²) >= 11 is 0. The van der Waals surface area contributed by atoms with Crippen LogP contribution in [0.4, 0.5) is 0 Å². The van der Waals surface area contributed by atoms with Gasteiger partial charge in [0.05, 0.1) is 0 Å². The molecule has 5 atom stereocenters. The lowest BCUT2D eigenvalue weighted by molar-refractivity contribution is -0.257. The Balaban J connectivity index is 2.47. The van der Waals surface area contributed by atoms with Gasteiger partial charge >= 0.3 is 17.9 Å². The molecule has 10 nitrogen and oxygen atoms in total. The lowest BCUT2D eigenvalue weighted by Crippen LogP contribution is -2.67. The van der Waals surface area contributed by atoms with Crippen LogP contribution in [0.3, 0.4) is 0 Å². The summed E-state index contributed by atoms with van der Waals surface area (Å²) < 4.78 is 27.9. The molecule has 1 amide bonds. The predicted molar refractivity (Wildman–Crippen MR) is 111 cm³/mol. The molecule has 1 aliphatic rings. The summed E-state index contributed by atoms with van der Waals surface area (Å²) in [5.41, 5.74) is 1.84. The molecule has 0 radical (unpaired) electrons. The third kappa shape index (κ3) is 6.94. The maximum Gasteiger partial charge on any atom is 0.303 e. The Morgan fingerprint density at radius 2 is 1.56 bits per heavy atom. The van der Waals surface area contributed by atoms with Gasteiger partial charge in [-0.3, -0.25) is 19.2 Å². The molecule has 0 aliphatic carbocycles. The number of nitrogens with one attached hydrogen (secondary N) is 1. The van der Waals surface area contributed by atoms with E-state index >= 15 is 0 Å². The number of carbonyl (C=O) groups is 4. The minimum absolute atomic E-state index is 0.287. The van der Waals surface area contributed by atoms with Gasteiger partial charge in [-0.05, 0) is 25.5 Å². The van der Waals surface area contributed by atoms with Gasteiger partial charge in [0.1, 0.15) is 24.5 Å². The highest BCUT2D eigenvalue weighted by molar-refractivity contribution is 5.73. The zero-order valence-electron chi connectivity index (χ0n) is 19.0. The average molecular weight is 451 g/mol. The first-order valence-electron chi connectivity index (χ1n) is 10.1. The molecule has 1 aromatic carbocycles. The summed E-state index contributed by atoms with van der Waals surface area (Å²) in [5.74, 6) is -1.87. The first-order chi connectivity index (χ1) is 15.0. The Morgan fingerprint density at radius 3 is 2.09 bits per heavy atom. The van der Waals surface area contributed by atoms with E-state index in [0.717, 1.165) is 11.1 Å². The SMILES string of the molecule is CC(=O)N[C@H]1[C@H](Oc2ccc(C)cc2C)O[C@H](COC(C)=O)[C@@H](OC(C)=O)[C@@H]1OC(C)=O. The molecular formula is C22H29NO9. The van der Waals surface area contributed by atoms with Gasteiger partial charge in [-0.2, -0.15) is 0 Å². The van der Waals surface area contributed by atoms with Gasteiger partial charge in [0.25, 0.3) is 0 Å². The Morgan fingerprint density at radius 1 is 0.938 bits per heavy atom. The van der Waals surface area contributed by atoms with Crippen LogP contribution in [-0.4, -0.2) is 61.1 Å². The highest BCUT2D eigenvalue weighted by atomic mass is 16.7. The number of hydrogen-bond acceptors (Lipinski definition) is 9. The summed E-state index contributed by atoms with van der Waals surface area (Å²) in [5, 5.41) is 2.66. The van der Waals surface area contributed by atoms with Crippen LogP contribution in [-0.2, 0) is 38.1 Å². The monoisotopic (exact) mass is 451 g/mol. The minimum atomic E-state index is -1.16.